The Morgan fingerprint density at radius 2 is 2.00 bits per heavy atom. The summed E-state index contributed by atoms with van der Waals surface area (Å²) in [6.07, 6.45) is 2.04. The molecule has 0 aliphatic heterocycles. The maximum Gasteiger partial charge on any atom is 0.283 e. The van der Waals surface area contributed by atoms with Crippen molar-refractivity contribution >= 4 is 9.24 Å². The molecule has 16 heavy (non-hydrogen) atoms. The van der Waals surface area contributed by atoms with Gasteiger partial charge >= 0.3 is 0 Å². The van der Waals surface area contributed by atoms with E-state index in [1.165, 1.54) is 21.4 Å². The number of benzene rings is 1. The summed E-state index contributed by atoms with van der Waals surface area (Å²) in [4.78, 5) is 0. The van der Waals surface area contributed by atoms with Crippen LogP contribution in [0.15, 0.2) is 18.2 Å². The van der Waals surface area contributed by atoms with Gasteiger partial charge in [0.2, 0.25) is 0 Å². The minimum atomic E-state index is -3.05. The van der Waals surface area contributed by atoms with Crippen LogP contribution in [0.3, 0.4) is 0 Å². The Morgan fingerprint density at radius 1 is 1.31 bits per heavy atom. The fraction of sp³-hybridized carbons (Fsp3) is 0.500. The molecule has 2 rings (SSSR count). The molecule has 0 amide bonds. The molecule has 0 saturated heterocycles. The van der Waals surface area contributed by atoms with Gasteiger partial charge in [-0.1, -0.05) is 28.3 Å². The Balaban J connectivity index is 2.30. The summed E-state index contributed by atoms with van der Waals surface area (Å²) in [6, 6.07) is 3.77. The molecule has 0 heterocycles. The molecule has 0 nitrogen and oxygen atoms in total. The molecule has 1 aromatic carbocycles. The topological polar surface area (TPSA) is 0 Å². The maximum absolute atomic E-state index is 13.7. The maximum atomic E-state index is 13.7. The van der Waals surface area contributed by atoms with Crippen molar-refractivity contribution in [3.05, 3.63) is 35.1 Å². The van der Waals surface area contributed by atoms with Crippen molar-refractivity contribution in [3.63, 3.8) is 0 Å². The van der Waals surface area contributed by atoms with E-state index < -0.39 is 11.5 Å². The lowest BCUT2D eigenvalue weighted by Crippen LogP contribution is -2.22. The van der Waals surface area contributed by atoms with Gasteiger partial charge in [-0.3, -0.25) is 0 Å². The molecular formula is C12H14F3P. The van der Waals surface area contributed by atoms with Gasteiger partial charge in [-0.2, -0.15) is 8.78 Å². The summed E-state index contributed by atoms with van der Waals surface area (Å²) in [5, 5.41) is 0. The van der Waals surface area contributed by atoms with Gasteiger partial charge in [0.15, 0.2) is 0 Å². The van der Waals surface area contributed by atoms with Crippen LogP contribution in [0, 0.1) is 11.7 Å². The van der Waals surface area contributed by atoms with Gasteiger partial charge in [-0.05, 0) is 36.3 Å². The van der Waals surface area contributed by atoms with Crippen molar-refractivity contribution in [3.8, 4) is 0 Å². The molecule has 0 spiro atoms. The van der Waals surface area contributed by atoms with E-state index in [0.717, 1.165) is 18.9 Å². The van der Waals surface area contributed by atoms with Crippen molar-refractivity contribution in [2.75, 3.05) is 0 Å². The first-order chi connectivity index (χ1) is 7.39. The smallest absolute Gasteiger partial charge is 0.207 e. The highest BCUT2D eigenvalue weighted by Crippen LogP contribution is 2.44. The minimum absolute atomic E-state index is 0.201. The van der Waals surface area contributed by atoms with Crippen LogP contribution in [0.1, 0.15) is 36.8 Å². The number of hydrogen-bond acceptors (Lipinski definition) is 0. The SMILES string of the molecule is C[C@@H]1CC[C@@H]1c1ccc(C(F)(F)P)cc1F. The first kappa shape index (κ1) is 11.9. The molecule has 1 saturated carbocycles. The molecule has 1 unspecified atom stereocenters. The van der Waals surface area contributed by atoms with Crippen LogP contribution in [0.5, 0.6) is 0 Å². The quantitative estimate of drug-likeness (QED) is 0.684. The van der Waals surface area contributed by atoms with E-state index in [0.29, 0.717) is 11.5 Å². The third-order valence-electron chi connectivity index (χ3n) is 3.40. The Labute approximate surface area is 95.4 Å². The molecule has 0 radical (unpaired) electrons. The molecule has 4 heteroatoms. The molecule has 3 atom stereocenters. The molecule has 0 aromatic heterocycles. The van der Waals surface area contributed by atoms with E-state index in [9.17, 15) is 13.2 Å². The second-order valence-corrected chi connectivity index (χ2v) is 5.25. The van der Waals surface area contributed by atoms with E-state index in [1.54, 1.807) is 0 Å². The van der Waals surface area contributed by atoms with Crippen molar-refractivity contribution in [1.29, 1.82) is 0 Å². The Hall–Kier alpha value is -0.560. The van der Waals surface area contributed by atoms with Gasteiger partial charge in [-0.15, -0.1) is 0 Å². The fourth-order valence-corrected chi connectivity index (χ4v) is 2.34. The number of halogens is 3. The molecule has 0 N–H and O–H groups in total. The van der Waals surface area contributed by atoms with Crippen molar-refractivity contribution in [2.24, 2.45) is 5.92 Å². The Kier molecular flexibility index (Phi) is 3.00. The van der Waals surface area contributed by atoms with E-state index in [2.05, 4.69) is 6.92 Å². The average Bonchev–Trinajstić information content (AvgIpc) is 2.17. The third kappa shape index (κ3) is 2.10. The third-order valence-corrected chi connectivity index (χ3v) is 3.74. The van der Waals surface area contributed by atoms with Crippen molar-refractivity contribution < 1.29 is 13.2 Å². The molecule has 1 aliphatic rings. The summed E-state index contributed by atoms with van der Waals surface area (Å²) < 4.78 is 39.6. The molecular weight excluding hydrogens is 232 g/mol. The van der Waals surface area contributed by atoms with Gasteiger partial charge in [0.25, 0.3) is 5.66 Å². The predicted molar refractivity (Wildman–Crippen MR) is 61.1 cm³/mol. The highest BCUT2D eigenvalue weighted by Gasteiger charge is 2.32. The van der Waals surface area contributed by atoms with Gasteiger partial charge in [0.05, 0.1) is 0 Å². The van der Waals surface area contributed by atoms with E-state index in [4.69, 9.17) is 0 Å². The zero-order valence-corrected chi connectivity index (χ0v) is 10.2. The predicted octanol–water partition coefficient (Wildman–Crippen LogP) is 4.26. The zero-order chi connectivity index (χ0) is 11.9. The van der Waals surface area contributed by atoms with E-state index >= 15 is 0 Å². The lowest BCUT2D eigenvalue weighted by Gasteiger charge is -2.34. The van der Waals surface area contributed by atoms with Crippen LogP contribution in [-0.4, -0.2) is 0 Å². The monoisotopic (exact) mass is 246 g/mol. The van der Waals surface area contributed by atoms with Crippen molar-refractivity contribution in [1.82, 2.24) is 0 Å². The summed E-state index contributed by atoms with van der Waals surface area (Å²) in [6.45, 7) is 2.06. The molecule has 1 aliphatic carbocycles. The minimum Gasteiger partial charge on any atom is -0.207 e. The second kappa shape index (κ2) is 4.03. The highest BCUT2D eigenvalue weighted by molar-refractivity contribution is 7.17. The summed E-state index contributed by atoms with van der Waals surface area (Å²) in [5.74, 6) is 0.153. The summed E-state index contributed by atoms with van der Waals surface area (Å²) in [5.41, 5.74) is -2.76. The van der Waals surface area contributed by atoms with Crippen LogP contribution >= 0.6 is 9.24 Å². The number of rotatable bonds is 2. The van der Waals surface area contributed by atoms with Crippen LogP contribution in [0.25, 0.3) is 0 Å². The Bertz CT molecular complexity index is 398. The van der Waals surface area contributed by atoms with E-state index in [1.807, 2.05) is 0 Å². The van der Waals surface area contributed by atoms with Crippen LogP contribution < -0.4 is 0 Å². The largest absolute Gasteiger partial charge is 0.283 e. The molecule has 0 bridgehead atoms. The summed E-state index contributed by atoms with van der Waals surface area (Å²) in [7, 11) is 1.43. The standard InChI is InChI=1S/C12H14F3P/c1-7-2-4-9(7)10-5-3-8(6-11(10)13)12(14,15)16/h3,5-7,9H,2,4,16H2,1H3/t7-,9+/m1/s1. The van der Waals surface area contributed by atoms with Gasteiger partial charge in [0, 0.05) is 5.56 Å². The van der Waals surface area contributed by atoms with Crippen LogP contribution in [-0.2, 0) is 5.66 Å². The van der Waals surface area contributed by atoms with Crippen LogP contribution in [0.2, 0.25) is 0 Å². The van der Waals surface area contributed by atoms with Gasteiger partial charge in [0.1, 0.15) is 5.82 Å². The van der Waals surface area contributed by atoms with Gasteiger partial charge < -0.3 is 0 Å². The number of alkyl halides is 2. The van der Waals surface area contributed by atoms with Crippen molar-refractivity contribution in [2.45, 2.75) is 31.3 Å². The Morgan fingerprint density at radius 3 is 2.38 bits per heavy atom. The van der Waals surface area contributed by atoms with E-state index in [-0.39, 0.29) is 11.5 Å². The first-order valence-corrected chi connectivity index (χ1v) is 5.94. The fourth-order valence-electron chi connectivity index (χ4n) is 2.16. The lowest BCUT2D eigenvalue weighted by atomic mass is 9.71. The lowest BCUT2D eigenvalue weighted by molar-refractivity contribution is 0.103. The highest BCUT2D eigenvalue weighted by atomic mass is 31.0. The number of hydrogen-bond donors (Lipinski definition) is 0. The average molecular weight is 246 g/mol. The van der Waals surface area contributed by atoms with Gasteiger partial charge in [-0.25, -0.2) is 4.39 Å². The molecule has 88 valence electrons. The first-order valence-electron chi connectivity index (χ1n) is 5.36. The zero-order valence-electron chi connectivity index (χ0n) is 9.01. The normalized spacial score (nSPS) is 25.3. The molecule has 1 aromatic rings. The molecule has 1 fully saturated rings. The van der Waals surface area contributed by atoms with Crippen LogP contribution in [0.4, 0.5) is 13.2 Å². The second-order valence-electron chi connectivity index (χ2n) is 4.52. The summed E-state index contributed by atoms with van der Waals surface area (Å²) >= 11 is 0.